The van der Waals surface area contributed by atoms with E-state index in [9.17, 15) is 13.2 Å². The van der Waals surface area contributed by atoms with Gasteiger partial charge >= 0.3 is 0 Å². The second-order valence-corrected chi connectivity index (χ2v) is 12.4. The number of methoxy groups -OCH3 is 1. The maximum atomic E-state index is 12.4. The molecule has 40 heavy (non-hydrogen) atoms. The molecule has 1 fully saturated rings. The molecule has 5 heterocycles. The number of anilines is 4. The largest absolute Gasteiger partial charge is 0.479 e. The number of fused-ring (bicyclic) bond motifs is 1. The zero-order valence-electron chi connectivity index (χ0n) is 23.0. The Morgan fingerprint density at radius 1 is 1.20 bits per heavy atom. The predicted octanol–water partition coefficient (Wildman–Crippen LogP) is 3.42. The zero-order valence-corrected chi connectivity index (χ0v) is 23.8. The lowest BCUT2D eigenvalue weighted by Gasteiger charge is -2.31. The number of ether oxygens (including phenoxy) is 3. The molecule has 3 aromatic rings. The number of carbonyl (C=O) groups is 1. The molecule has 0 aromatic carbocycles. The monoisotopic (exact) mass is 568 g/mol. The summed E-state index contributed by atoms with van der Waals surface area (Å²) >= 11 is 0. The SMILES string of the molecule is COC1CCN(c2ccc(S(C)(=O)=O)nc2Nc2cc(NC(C)=O)ncc2-c2ccc3c(n2)OCC(C)(C)O3)C1. The van der Waals surface area contributed by atoms with Crippen LogP contribution >= 0.6 is 0 Å². The van der Waals surface area contributed by atoms with Gasteiger partial charge < -0.3 is 29.7 Å². The Morgan fingerprint density at radius 2 is 2.00 bits per heavy atom. The highest BCUT2D eigenvalue weighted by atomic mass is 32.2. The number of hydrogen-bond donors (Lipinski definition) is 2. The molecule has 1 atom stereocenters. The number of sulfone groups is 1. The minimum Gasteiger partial charge on any atom is -0.479 e. The van der Waals surface area contributed by atoms with E-state index >= 15 is 0 Å². The topological polar surface area (TPSA) is 145 Å². The second-order valence-electron chi connectivity index (χ2n) is 10.5. The summed E-state index contributed by atoms with van der Waals surface area (Å²) in [7, 11) is -1.91. The smallest absolute Gasteiger partial charge is 0.257 e. The summed E-state index contributed by atoms with van der Waals surface area (Å²) in [5.74, 6) is 1.24. The lowest BCUT2D eigenvalue weighted by Crippen LogP contribution is -2.39. The quantitative estimate of drug-likeness (QED) is 0.432. The van der Waals surface area contributed by atoms with Gasteiger partial charge in [0.15, 0.2) is 26.4 Å². The summed E-state index contributed by atoms with van der Waals surface area (Å²) in [5, 5.41) is 5.93. The maximum absolute atomic E-state index is 12.4. The van der Waals surface area contributed by atoms with E-state index in [0.717, 1.165) is 12.7 Å². The van der Waals surface area contributed by atoms with E-state index in [1.54, 1.807) is 37.6 Å². The highest BCUT2D eigenvalue weighted by Crippen LogP contribution is 2.39. The first-order chi connectivity index (χ1) is 18.9. The van der Waals surface area contributed by atoms with Crippen molar-refractivity contribution in [1.82, 2.24) is 15.0 Å². The van der Waals surface area contributed by atoms with Gasteiger partial charge in [0.25, 0.3) is 5.88 Å². The van der Waals surface area contributed by atoms with Crippen LogP contribution in [0.3, 0.4) is 0 Å². The van der Waals surface area contributed by atoms with Gasteiger partial charge in [0.05, 0.1) is 23.2 Å². The Morgan fingerprint density at radius 3 is 2.70 bits per heavy atom. The number of pyridine rings is 3. The predicted molar refractivity (Wildman–Crippen MR) is 150 cm³/mol. The fraction of sp³-hybridized carbons (Fsp3) is 0.407. The van der Waals surface area contributed by atoms with E-state index in [0.29, 0.717) is 65.6 Å². The third kappa shape index (κ3) is 5.94. The molecule has 12 nitrogen and oxygen atoms in total. The van der Waals surface area contributed by atoms with Gasteiger partial charge in [-0.05, 0) is 44.5 Å². The van der Waals surface area contributed by atoms with Crippen molar-refractivity contribution in [1.29, 1.82) is 0 Å². The van der Waals surface area contributed by atoms with E-state index < -0.39 is 15.4 Å². The van der Waals surface area contributed by atoms with Crippen molar-refractivity contribution < 1.29 is 27.4 Å². The summed E-state index contributed by atoms with van der Waals surface area (Å²) in [6.45, 7) is 6.94. The van der Waals surface area contributed by atoms with Crippen LogP contribution in [0.1, 0.15) is 27.2 Å². The first-order valence-electron chi connectivity index (χ1n) is 12.8. The van der Waals surface area contributed by atoms with Crippen LogP contribution in [0.4, 0.5) is 23.0 Å². The number of nitrogens with zero attached hydrogens (tertiary/aromatic N) is 4. The molecule has 1 saturated heterocycles. The van der Waals surface area contributed by atoms with Crippen LogP contribution in [0.5, 0.6) is 11.6 Å². The van der Waals surface area contributed by atoms with Crippen LogP contribution in [-0.2, 0) is 19.4 Å². The van der Waals surface area contributed by atoms with Gasteiger partial charge in [0.2, 0.25) is 5.91 Å². The third-order valence-corrected chi connectivity index (χ3v) is 7.54. The molecule has 3 aromatic heterocycles. The maximum Gasteiger partial charge on any atom is 0.257 e. The molecule has 0 spiro atoms. The van der Waals surface area contributed by atoms with Crippen LogP contribution in [0.15, 0.2) is 41.6 Å². The molecular weight excluding hydrogens is 536 g/mol. The van der Waals surface area contributed by atoms with E-state index in [1.165, 1.54) is 13.0 Å². The number of hydrogen-bond acceptors (Lipinski definition) is 11. The molecule has 13 heteroatoms. The van der Waals surface area contributed by atoms with Crippen LogP contribution in [-0.4, -0.2) is 74.0 Å². The van der Waals surface area contributed by atoms with Gasteiger partial charge in [-0.1, -0.05) is 0 Å². The van der Waals surface area contributed by atoms with E-state index in [1.807, 2.05) is 13.8 Å². The number of amides is 1. The Bertz CT molecular complexity index is 1560. The van der Waals surface area contributed by atoms with Crippen molar-refractivity contribution in [2.75, 3.05) is 48.6 Å². The van der Waals surface area contributed by atoms with Crippen molar-refractivity contribution in [2.45, 2.75) is 43.9 Å². The number of nitrogens with one attached hydrogen (secondary N) is 2. The average Bonchev–Trinajstić information content (AvgIpc) is 3.36. The standard InChI is InChI=1S/C27H32N6O6S/c1-16(34)29-23-12-20(18(13-28-23)19-6-8-22-26(31-19)38-15-27(2,3)39-22)30-25-21(33-11-10-17(14-33)37-4)7-9-24(32-25)40(5,35)36/h6-9,12-13,17H,10-11,14-15H2,1-5H3,(H2,28,29,30,32,34). The molecule has 212 valence electrons. The van der Waals surface area contributed by atoms with Crippen LogP contribution in [0.2, 0.25) is 0 Å². The first kappa shape index (κ1) is 27.6. The van der Waals surface area contributed by atoms with Crippen molar-refractivity contribution in [3.8, 4) is 22.9 Å². The average molecular weight is 569 g/mol. The highest BCUT2D eigenvalue weighted by molar-refractivity contribution is 7.90. The molecule has 2 aliphatic rings. The van der Waals surface area contributed by atoms with Crippen LogP contribution < -0.4 is 25.0 Å². The summed E-state index contributed by atoms with van der Waals surface area (Å²) in [4.78, 5) is 27.4. The Balaban J connectivity index is 1.60. The van der Waals surface area contributed by atoms with Gasteiger partial charge in [-0.3, -0.25) is 4.79 Å². The minimum absolute atomic E-state index is 0.0529. The van der Waals surface area contributed by atoms with Gasteiger partial charge in [0.1, 0.15) is 18.0 Å². The van der Waals surface area contributed by atoms with Gasteiger partial charge in [-0.15, -0.1) is 0 Å². The zero-order chi connectivity index (χ0) is 28.7. The fourth-order valence-corrected chi connectivity index (χ4v) is 5.17. The van der Waals surface area contributed by atoms with Gasteiger partial charge in [-0.2, -0.15) is 0 Å². The van der Waals surface area contributed by atoms with Gasteiger partial charge in [0, 0.05) is 51.2 Å². The number of rotatable bonds is 7. The summed E-state index contributed by atoms with van der Waals surface area (Å²) in [5.41, 5.74) is 1.86. The lowest BCUT2D eigenvalue weighted by molar-refractivity contribution is -0.114. The Labute approximate surface area is 233 Å². The number of aromatic nitrogens is 3. The lowest BCUT2D eigenvalue weighted by atomic mass is 10.1. The first-order valence-corrected chi connectivity index (χ1v) is 14.7. The van der Waals surface area contributed by atoms with Crippen LogP contribution in [0.25, 0.3) is 11.3 Å². The van der Waals surface area contributed by atoms with Crippen molar-refractivity contribution in [3.05, 3.63) is 36.5 Å². The summed E-state index contributed by atoms with van der Waals surface area (Å²) in [6.07, 6.45) is 3.57. The minimum atomic E-state index is -3.59. The molecule has 0 radical (unpaired) electrons. The third-order valence-electron chi connectivity index (χ3n) is 6.55. The molecule has 2 N–H and O–H groups in total. The van der Waals surface area contributed by atoms with E-state index in [4.69, 9.17) is 14.2 Å². The molecule has 0 bridgehead atoms. The Hall–Kier alpha value is -3.97. The molecule has 5 rings (SSSR count). The van der Waals surface area contributed by atoms with Crippen molar-refractivity contribution >= 4 is 38.8 Å². The summed E-state index contributed by atoms with van der Waals surface area (Å²) in [6, 6.07) is 8.46. The molecule has 2 aliphatic heterocycles. The van der Waals surface area contributed by atoms with Gasteiger partial charge in [-0.25, -0.2) is 23.4 Å². The van der Waals surface area contributed by atoms with E-state index in [-0.39, 0.29) is 17.0 Å². The molecule has 0 aliphatic carbocycles. The summed E-state index contributed by atoms with van der Waals surface area (Å²) < 4.78 is 42.2. The molecular formula is C27H32N6O6S. The second kappa shape index (κ2) is 10.5. The molecule has 1 unspecified atom stereocenters. The van der Waals surface area contributed by atoms with Crippen molar-refractivity contribution in [2.24, 2.45) is 0 Å². The normalized spacial score (nSPS) is 17.9. The fourth-order valence-electron chi connectivity index (χ4n) is 4.59. The highest BCUT2D eigenvalue weighted by Gasteiger charge is 2.30. The number of carbonyl (C=O) groups excluding carboxylic acids is 1. The van der Waals surface area contributed by atoms with Crippen molar-refractivity contribution in [3.63, 3.8) is 0 Å². The van der Waals surface area contributed by atoms with E-state index in [2.05, 4.69) is 30.5 Å². The molecule has 1 amide bonds. The Kier molecular flexibility index (Phi) is 7.27. The molecule has 0 saturated carbocycles. The van der Waals surface area contributed by atoms with Crippen LogP contribution in [0, 0.1) is 0 Å².